The van der Waals surface area contributed by atoms with Crippen LogP contribution in [0, 0.1) is 5.82 Å². The van der Waals surface area contributed by atoms with Gasteiger partial charge >= 0.3 is 6.55 Å². The zero-order chi connectivity index (χ0) is 34.0. The van der Waals surface area contributed by atoms with Gasteiger partial charge in [-0.15, -0.1) is 22.7 Å². The number of hydrogen-bond donors (Lipinski definition) is 1. The molecule has 3 aliphatic heterocycles. The minimum absolute atomic E-state index is 0.0908. The Balaban J connectivity index is 1.28. The number of nitrogens with zero attached hydrogens (tertiary/aromatic N) is 8. The zero-order valence-electron chi connectivity index (χ0n) is 25.6. The van der Waals surface area contributed by atoms with E-state index < -0.39 is 46.3 Å². The second-order valence-corrected chi connectivity index (χ2v) is 16.1. The number of thiazole rings is 2. The van der Waals surface area contributed by atoms with E-state index in [0.29, 0.717) is 37.4 Å². The molecular weight excluding hydrogens is 709 g/mol. The first-order chi connectivity index (χ1) is 22.9. The number of piperidine rings is 1. The van der Waals surface area contributed by atoms with Crippen LogP contribution in [0.5, 0.6) is 0 Å². The van der Waals surface area contributed by atoms with Gasteiger partial charge in [-0.1, -0.05) is 17.7 Å². The summed E-state index contributed by atoms with van der Waals surface area (Å²) in [6, 6.07) is 3.36. The molecule has 2 saturated heterocycles. The maximum Gasteiger partial charge on any atom is 0.333 e. The van der Waals surface area contributed by atoms with E-state index in [1.165, 1.54) is 56.5 Å². The highest BCUT2D eigenvalue weighted by molar-refractivity contribution is 7.86. The van der Waals surface area contributed by atoms with Crippen LogP contribution in [0.15, 0.2) is 64.3 Å². The van der Waals surface area contributed by atoms with E-state index in [-0.39, 0.29) is 43.1 Å². The Morgan fingerprint density at radius 2 is 1.94 bits per heavy atom. The smallest absolute Gasteiger partial charge is 0.333 e. The van der Waals surface area contributed by atoms with Crippen molar-refractivity contribution in [1.82, 2.24) is 33.3 Å². The van der Waals surface area contributed by atoms with Gasteiger partial charge in [0, 0.05) is 89.8 Å². The molecule has 0 bridgehead atoms. The van der Waals surface area contributed by atoms with Gasteiger partial charge in [-0.3, -0.25) is 4.99 Å². The number of hydrogen-bond acceptors (Lipinski definition) is 10. The minimum atomic E-state index is -4.04. The van der Waals surface area contributed by atoms with Crippen molar-refractivity contribution in [3.05, 3.63) is 91.4 Å². The number of aliphatic hydroxyl groups is 1. The Hall–Kier alpha value is -3.19. The van der Waals surface area contributed by atoms with Gasteiger partial charge in [0.1, 0.15) is 22.5 Å². The number of aliphatic imine (C=N–C) groups is 1. The van der Waals surface area contributed by atoms with E-state index in [1.807, 2.05) is 4.90 Å². The van der Waals surface area contributed by atoms with Crippen LogP contribution in [0.4, 0.5) is 13.2 Å². The topological polar surface area (TPSA) is 120 Å². The van der Waals surface area contributed by atoms with Gasteiger partial charge in [0.2, 0.25) is 0 Å². The zero-order valence-corrected chi connectivity index (χ0v) is 28.8. The lowest BCUT2D eigenvalue weighted by molar-refractivity contribution is -0.0282. The van der Waals surface area contributed by atoms with E-state index in [2.05, 4.69) is 15.1 Å². The Kier molecular flexibility index (Phi) is 8.75. The molecule has 3 aliphatic rings. The first-order valence-electron chi connectivity index (χ1n) is 15.0. The molecule has 0 spiro atoms. The fourth-order valence-electron chi connectivity index (χ4n) is 6.73. The molecule has 48 heavy (non-hydrogen) atoms. The van der Waals surface area contributed by atoms with Crippen molar-refractivity contribution in [1.29, 1.82) is 0 Å². The molecule has 4 aromatic rings. The molecule has 3 aromatic heterocycles. The van der Waals surface area contributed by atoms with Gasteiger partial charge in [0.25, 0.3) is 10.2 Å². The van der Waals surface area contributed by atoms with Crippen LogP contribution in [-0.2, 0) is 15.8 Å². The molecule has 11 nitrogen and oxygen atoms in total. The van der Waals surface area contributed by atoms with Crippen molar-refractivity contribution in [2.75, 3.05) is 20.1 Å². The molecule has 18 heteroatoms. The van der Waals surface area contributed by atoms with E-state index in [1.54, 1.807) is 30.1 Å². The molecule has 1 N–H and O–H groups in total. The number of rotatable bonds is 8. The molecule has 4 atom stereocenters. The molecule has 254 valence electrons. The highest BCUT2D eigenvalue weighted by Crippen LogP contribution is 2.47. The number of amidine groups is 1. The van der Waals surface area contributed by atoms with Crippen LogP contribution in [0.3, 0.4) is 0 Å². The fraction of sp³-hybridized carbons (Fsp3) is 0.400. The summed E-state index contributed by atoms with van der Waals surface area (Å²) < 4.78 is 73.3. The maximum absolute atomic E-state index is 14.2. The lowest BCUT2D eigenvalue weighted by Gasteiger charge is -2.42. The molecule has 2 fully saturated rings. The molecule has 6 heterocycles. The van der Waals surface area contributed by atoms with Crippen LogP contribution in [-0.4, -0.2) is 84.8 Å². The molecular formula is C30H30ClF3N8O3S3. The molecule has 0 radical (unpaired) electrons. The van der Waals surface area contributed by atoms with Gasteiger partial charge in [-0.05, 0) is 38.0 Å². The standard InChI is InChI=1S/C30H30ClF3N8O3S3/c1-17-15-30(43,28-36-8-12-47-28)6-10-42(17)48(44,45)39(2)19-14-23-24(22-5-9-41(38-22)29(33)34)25(20-4-3-18(32)13-21(20)31)37-26(40(23)16-19)27-35-7-11-46-27/h3-5,7-9,11-13,17,19,25,29,43H,6,10,14-16H2,1-2H3/t17?,19-,25-,30+/m0/s1. The lowest BCUT2D eigenvalue weighted by Crippen LogP contribution is -2.55. The lowest BCUT2D eigenvalue weighted by atomic mass is 9.89. The Bertz CT molecular complexity index is 1990. The average Bonchev–Trinajstić information content (AvgIpc) is 3.87. The highest BCUT2D eigenvalue weighted by atomic mass is 35.5. The van der Waals surface area contributed by atoms with Gasteiger partial charge in [0.15, 0.2) is 10.8 Å². The van der Waals surface area contributed by atoms with Crippen LogP contribution in [0.2, 0.25) is 5.02 Å². The maximum atomic E-state index is 14.2. The number of likely N-dealkylation sites (N-methyl/N-ethyl adjacent to an activating group) is 1. The van der Waals surface area contributed by atoms with Gasteiger partial charge in [0.05, 0.1) is 5.69 Å². The number of alkyl halides is 2. The summed E-state index contributed by atoms with van der Waals surface area (Å²) in [6.07, 6.45) is 4.98. The van der Waals surface area contributed by atoms with Crippen molar-refractivity contribution in [3.63, 3.8) is 0 Å². The van der Waals surface area contributed by atoms with Crippen LogP contribution >= 0.6 is 34.3 Å². The van der Waals surface area contributed by atoms with Crippen molar-refractivity contribution < 1.29 is 26.7 Å². The largest absolute Gasteiger partial charge is 0.383 e. The minimum Gasteiger partial charge on any atom is -0.383 e. The van der Waals surface area contributed by atoms with E-state index in [4.69, 9.17) is 16.6 Å². The van der Waals surface area contributed by atoms with Crippen molar-refractivity contribution >= 4 is 55.9 Å². The summed E-state index contributed by atoms with van der Waals surface area (Å²) in [4.78, 5) is 15.6. The molecule has 1 aromatic carbocycles. The number of halogens is 4. The number of benzene rings is 1. The third-order valence-electron chi connectivity index (χ3n) is 9.08. The summed E-state index contributed by atoms with van der Waals surface area (Å²) in [7, 11) is -2.52. The summed E-state index contributed by atoms with van der Waals surface area (Å²) in [5, 5.41) is 20.3. The van der Waals surface area contributed by atoms with Crippen LogP contribution in [0.25, 0.3) is 5.57 Å². The predicted molar refractivity (Wildman–Crippen MR) is 176 cm³/mol. The van der Waals surface area contributed by atoms with Crippen molar-refractivity contribution in [2.45, 2.75) is 56.5 Å². The fourth-order valence-corrected chi connectivity index (χ4v) is 10.1. The van der Waals surface area contributed by atoms with Gasteiger partial charge < -0.3 is 10.0 Å². The van der Waals surface area contributed by atoms with E-state index in [9.17, 15) is 26.7 Å². The second kappa shape index (κ2) is 12.6. The third-order valence-corrected chi connectivity index (χ3v) is 13.3. The first-order valence-corrected chi connectivity index (χ1v) is 18.5. The summed E-state index contributed by atoms with van der Waals surface area (Å²) in [6.45, 7) is -0.835. The Labute approximate surface area is 287 Å². The highest BCUT2D eigenvalue weighted by Gasteiger charge is 2.48. The molecule has 0 saturated carbocycles. The van der Waals surface area contributed by atoms with Crippen molar-refractivity contribution in [2.24, 2.45) is 4.99 Å². The van der Waals surface area contributed by atoms with Gasteiger partial charge in [-0.25, -0.2) is 19.0 Å². The molecule has 7 rings (SSSR count). The number of fused-ring (bicyclic) bond motifs is 1. The monoisotopic (exact) mass is 738 g/mol. The summed E-state index contributed by atoms with van der Waals surface area (Å²) in [5.41, 5.74) is 0.497. The first kappa shape index (κ1) is 33.3. The predicted octanol–water partition coefficient (Wildman–Crippen LogP) is 5.52. The summed E-state index contributed by atoms with van der Waals surface area (Å²) in [5.74, 6) is -0.0955. The second-order valence-electron chi connectivity index (χ2n) is 12.0. The normalized spacial score (nSPS) is 25.3. The summed E-state index contributed by atoms with van der Waals surface area (Å²) >= 11 is 9.23. The Morgan fingerprint density at radius 1 is 1.17 bits per heavy atom. The third kappa shape index (κ3) is 5.78. The Morgan fingerprint density at radius 3 is 2.58 bits per heavy atom. The van der Waals surface area contributed by atoms with Crippen molar-refractivity contribution in [3.8, 4) is 0 Å². The number of aromatic nitrogens is 4. The van der Waals surface area contributed by atoms with E-state index in [0.717, 1.165) is 12.3 Å². The SMILES string of the molecule is CC1C[C@@](O)(c2nccs2)CCN1S(=O)(=O)N(C)[C@H]1CC2=C(c3ccn(C(F)F)n3)[C@H](c3ccc(F)cc3Cl)N=C(c3nccs3)N2C1. The quantitative estimate of drug-likeness (QED) is 0.253. The van der Waals surface area contributed by atoms with Crippen LogP contribution < -0.4 is 0 Å². The van der Waals surface area contributed by atoms with E-state index >= 15 is 0 Å². The average molecular weight is 739 g/mol. The molecule has 1 unspecified atom stereocenters. The molecule has 0 amide bonds. The van der Waals surface area contributed by atoms with Crippen LogP contribution in [0.1, 0.15) is 60.1 Å². The molecule has 0 aliphatic carbocycles. The van der Waals surface area contributed by atoms with Gasteiger partial charge in [-0.2, -0.15) is 30.9 Å².